The maximum absolute atomic E-state index is 11.6. The summed E-state index contributed by atoms with van der Waals surface area (Å²) in [5, 5.41) is 13.9. The Bertz CT molecular complexity index is 726. The summed E-state index contributed by atoms with van der Waals surface area (Å²) in [6.07, 6.45) is -0.615. The first kappa shape index (κ1) is 16.5. The zero-order valence-electron chi connectivity index (χ0n) is 13.2. The van der Waals surface area contributed by atoms with Crippen molar-refractivity contribution < 1.29 is 14.7 Å². The van der Waals surface area contributed by atoms with Crippen molar-refractivity contribution in [1.82, 2.24) is 5.32 Å². The Kier molecular flexibility index (Phi) is 5.36. The molecule has 0 saturated carbocycles. The number of carboxylic acid groups (broad SMARTS) is 1. The lowest BCUT2D eigenvalue weighted by Gasteiger charge is -2.11. The molecule has 0 fully saturated rings. The van der Waals surface area contributed by atoms with E-state index in [0.717, 1.165) is 27.9 Å². The Labute approximate surface area is 135 Å². The van der Waals surface area contributed by atoms with Crippen molar-refractivity contribution in [2.45, 2.75) is 26.8 Å². The molecule has 0 aliphatic heterocycles. The number of rotatable bonds is 5. The fourth-order valence-corrected chi connectivity index (χ4v) is 2.21. The zero-order valence-corrected chi connectivity index (χ0v) is 13.2. The van der Waals surface area contributed by atoms with E-state index in [1.807, 2.05) is 56.3 Å². The molecule has 2 rings (SSSR count). The Balaban J connectivity index is 2.27. The molecule has 0 aromatic heterocycles. The Morgan fingerprint density at radius 3 is 2.52 bits per heavy atom. The summed E-state index contributed by atoms with van der Waals surface area (Å²) >= 11 is 0. The second-order valence-electron chi connectivity index (χ2n) is 5.29. The number of hydrogen-bond donors (Lipinski definition) is 3. The highest BCUT2D eigenvalue weighted by molar-refractivity contribution is 5.92. The van der Waals surface area contributed by atoms with E-state index in [2.05, 4.69) is 10.6 Å². The van der Waals surface area contributed by atoms with Gasteiger partial charge in [-0.15, -0.1) is 0 Å². The van der Waals surface area contributed by atoms with Gasteiger partial charge in [0.2, 0.25) is 5.91 Å². The number of carbonyl (C=O) groups is 2. The van der Waals surface area contributed by atoms with E-state index in [9.17, 15) is 9.59 Å². The van der Waals surface area contributed by atoms with Gasteiger partial charge in [0.1, 0.15) is 0 Å². The molecular formula is C18H20N2O3. The Hall–Kier alpha value is -2.82. The predicted molar refractivity (Wildman–Crippen MR) is 90.4 cm³/mol. The summed E-state index contributed by atoms with van der Waals surface area (Å²) in [6, 6.07) is 13.5. The summed E-state index contributed by atoms with van der Waals surface area (Å²) in [7, 11) is 0. The van der Waals surface area contributed by atoms with Crippen LogP contribution in [0.2, 0.25) is 0 Å². The van der Waals surface area contributed by atoms with Crippen molar-refractivity contribution >= 4 is 17.7 Å². The molecule has 0 spiro atoms. The van der Waals surface area contributed by atoms with Crippen LogP contribution >= 0.6 is 0 Å². The Morgan fingerprint density at radius 2 is 1.83 bits per heavy atom. The van der Waals surface area contributed by atoms with E-state index < -0.39 is 6.09 Å². The maximum Gasteiger partial charge on any atom is 0.404 e. The SMILES string of the molecule is CCC(=O)Nc1cc(-c2cccc(CNC(=O)O)c2)ccc1C. The molecule has 0 unspecified atom stereocenters. The fourth-order valence-electron chi connectivity index (χ4n) is 2.21. The number of amides is 2. The lowest BCUT2D eigenvalue weighted by Crippen LogP contribution is -2.19. The van der Waals surface area contributed by atoms with E-state index in [1.54, 1.807) is 0 Å². The van der Waals surface area contributed by atoms with Gasteiger partial charge in [0, 0.05) is 18.7 Å². The van der Waals surface area contributed by atoms with Crippen molar-refractivity contribution in [3.8, 4) is 11.1 Å². The number of nitrogens with one attached hydrogen (secondary N) is 2. The molecule has 5 heteroatoms. The molecule has 3 N–H and O–H groups in total. The van der Waals surface area contributed by atoms with Crippen LogP contribution in [-0.2, 0) is 11.3 Å². The number of aryl methyl sites for hydroxylation is 1. The number of benzene rings is 2. The summed E-state index contributed by atoms with van der Waals surface area (Å²) in [4.78, 5) is 22.2. The van der Waals surface area contributed by atoms with Gasteiger partial charge >= 0.3 is 6.09 Å². The monoisotopic (exact) mass is 312 g/mol. The van der Waals surface area contributed by atoms with Gasteiger partial charge in [0.25, 0.3) is 0 Å². The van der Waals surface area contributed by atoms with Gasteiger partial charge in [-0.1, -0.05) is 37.3 Å². The third-order valence-corrected chi connectivity index (χ3v) is 3.54. The minimum atomic E-state index is -1.05. The molecule has 0 radical (unpaired) electrons. The fraction of sp³-hybridized carbons (Fsp3) is 0.222. The smallest absolute Gasteiger partial charge is 0.404 e. The van der Waals surface area contributed by atoms with Gasteiger partial charge in [-0.3, -0.25) is 4.79 Å². The molecule has 0 aliphatic rings. The predicted octanol–water partition coefficient (Wildman–Crippen LogP) is 3.78. The lowest BCUT2D eigenvalue weighted by atomic mass is 10.0. The molecule has 23 heavy (non-hydrogen) atoms. The van der Waals surface area contributed by atoms with Crippen molar-refractivity contribution in [2.75, 3.05) is 5.32 Å². The highest BCUT2D eigenvalue weighted by atomic mass is 16.4. The van der Waals surface area contributed by atoms with Crippen molar-refractivity contribution in [3.05, 3.63) is 53.6 Å². The van der Waals surface area contributed by atoms with E-state index in [4.69, 9.17) is 5.11 Å². The van der Waals surface area contributed by atoms with Crippen LogP contribution in [0.4, 0.5) is 10.5 Å². The van der Waals surface area contributed by atoms with Crippen LogP contribution in [0.5, 0.6) is 0 Å². The van der Waals surface area contributed by atoms with Crippen LogP contribution in [0, 0.1) is 6.92 Å². The second-order valence-corrected chi connectivity index (χ2v) is 5.29. The molecule has 0 saturated heterocycles. The van der Waals surface area contributed by atoms with Crippen LogP contribution in [0.1, 0.15) is 24.5 Å². The quantitative estimate of drug-likeness (QED) is 0.786. The molecule has 0 heterocycles. The van der Waals surface area contributed by atoms with Crippen molar-refractivity contribution in [3.63, 3.8) is 0 Å². The first-order chi connectivity index (χ1) is 11.0. The maximum atomic E-state index is 11.6. The largest absolute Gasteiger partial charge is 0.465 e. The molecule has 5 nitrogen and oxygen atoms in total. The molecule has 0 bridgehead atoms. The molecule has 2 aromatic carbocycles. The van der Waals surface area contributed by atoms with Crippen molar-refractivity contribution in [1.29, 1.82) is 0 Å². The summed E-state index contributed by atoms with van der Waals surface area (Å²) in [5.74, 6) is -0.0235. The topological polar surface area (TPSA) is 78.4 Å². The number of hydrogen-bond acceptors (Lipinski definition) is 2. The average molecular weight is 312 g/mol. The first-order valence-corrected chi connectivity index (χ1v) is 7.46. The van der Waals surface area contributed by atoms with Gasteiger partial charge in [0.05, 0.1) is 0 Å². The molecule has 0 aliphatic carbocycles. The van der Waals surface area contributed by atoms with Gasteiger partial charge in [-0.25, -0.2) is 4.79 Å². The molecule has 2 amide bonds. The van der Waals surface area contributed by atoms with Crippen LogP contribution in [0.3, 0.4) is 0 Å². The summed E-state index contributed by atoms with van der Waals surface area (Å²) < 4.78 is 0. The third kappa shape index (κ3) is 4.57. The minimum absolute atomic E-state index is 0.0235. The molecule has 120 valence electrons. The Morgan fingerprint density at radius 1 is 1.09 bits per heavy atom. The lowest BCUT2D eigenvalue weighted by molar-refractivity contribution is -0.115. The van der Waals surface area contributed by atoms with Gasteiger partial charge in [-0.2, -0.15) is 0 Å². The zero-order chi connectivity index (χ0) is 16.8. The highest BCUT2D eigenvalue weighted by Crippen LogP contribution is 2.26. The van der Waals surface area contributed by atoms with Crippen LogP contribution < -0.4 is 10.6 Å². The van der Waals surface area contributed by atoms with Crippen LogP contribution in [-0.4, -0.2) is 17.1 Å². The first-order valence-electron chi connectivity index (χ1n) is 7.46. The highest BCUT2D eigenvalue weighted by Gasteiger charge is 2.06. The van der Waals surface area contributed by atoms with Gasteiger partial charge in [0.15, 0.2) is 0 Å². The van der Waals surface area contributed by atoms with E-state index in [-0.39, 0.29) is 12.5 Å². The summed E-state index contributed by atoms with van der Waals surface area (Å²) in [6.45, 7) is 4.02. The minimum Gasteiger partial charge on any atom is -0.465 e. The standard InChI is InChI=1S/C18H20N2O3/c1-3-17(21)20-16-10-15(8-7-12(16)2)14-6-4-5-13(9-14)11-19-18(22)23/h4-10,19H,3,11H2,1-2H3,(H,20,21)(H,22,23). The van der Waals surface area contributed by atoms with Crippen molar-refractivity contribution in [2.24, 2.45) is 0 Å². The van der Waals surface area contributed by atoms with E-state index in [0.29, 0.717) is 6.42 Å². The summed E-state index contributed by atoms with van der Waals surface area (Å²) in [5.41, 5.74) is 4.62. The molecule has 2 aromatic rings. The molecule has 0 atom stereocenters. The average Bonchev–Trinajstić information content (AvgIpc) is 2.55. The van der Waals surface area contributed by atoms with Gasteiger partial charge < -0.3 is 15.7 Å². The number of anilines is 1. The van der Waals surface area contributed by atoms with Gasteiger partial charge in [-0.05, 0) is 41.3 Å². The number of carbonyl (C=O) groups excluding carboxylic acids is 1. The van der Waals surface area contributed by atoms with E-state index >= 15 is 0 Å². The normalized spacial score (nSPS) is 10.2. The second kappa shape index (κ2) is 7.45. The molecular weight excluding hydrogens is 292 g/mol. The van der Waals surface area contributed by atoms with Crippen LogP contribution in [0.25, 0.3) is 11.1 Å². The third-order valence-electron chi connectivity index (χ3n) is 3.54. The van der Waals surface area contributed by atoms with Crippen LogP contribution in [0.15, 0.2) is 42.5 Å². The van der Waals surface area contributed by atoms with E-state index in [1.165, 1.54) is 0 Å².